The summed E-state index contributed by atoms with van der Waals surface area (Å²) in [6, 6.07) is 0. The summed E-state index contributed by atoms with van der Waals surface area (Å²) in [4.78, 5) is 8.95. The summed E-state index contributed by atoms with van der Waals surface area (Å²) in [6.07, 6.45) is 8.18. The molecule has 1 saturated carbocycles. The van der Waals surface area contributed by atoms with Crippen molar-refractivity contribution in [2.45, 2.75) is 68.7 Å². The van der Waals surface area contributed by atoms with Gasteiger partial charge in [-0.1, -0.05) is 43.1 Å². The van der Waals surface area contributed by atoms with E-state index < -0.39 is 0 Å². The average molecular weight is 307 g/mol. The van der Waals surface area contributed by atoms with Crippen LogP contribution in [0.15, 0.2) is 9.68 Å². The summed E-state index contributed by atoms with van der Waals surface area (Å²) in [5.74, 6) is 3.67. The minimum atomic E-state index is 0.566. The zero-order valence-corrected chi connectivity index (χ0v) is 13.2. The quantitative estimate of drug-likeness (QED) is 0.789. The third-order valence-corrected chi connectivity index (χ3v) is 4.64. The summed E-state index contributed by atoms with van der Waals surface area (Å²) in [5, 5.41) is 12.1. The summed E-state index contributed by atoms with van der Waals surface area (Å²) < 4.78 is 5.24. The maximum atomic E-state index is 5.24. The Labute approximate surface area is 128 Å². The topological polar surface area (TPSA) is 80.5 Å². The molecule has 0 saturated heterocycles. The van der Waals surface area contributed by atoms with Crippen LogP contribution in [-0.4, -0.2) is 25.3 Å². The lowest BCUT2D eigenvalue weighted by Gasteiger charge is -2.01. The minimum Gasteiger partial charge on any atom is -0.338 e. The highest BCUT2D eigenvalue weighted by atomic mass is 32.2. The minimum absolute atomic E-state index is 0.566. The van der Waals surface area contributed by atoms with E-state index in [1.54, 1.807) is 11.8 Å². The number of thioether (sulfide) groups is 1. The molecule has 0 spiro atoms. The van der Waals surface area contributed by atoms with Gasteiger partial charge in [-0.2, -0.15) is 4.98 Å². The molecular formula is C14H21N5OS. The standard InChI is InChI=1S/C14H21N5OS/c1-2-3-8-11-15-12(20-19-11)9-21-14-16-13(17-18-14)10-6-4-5-7-10/h10H,2-9H2,1H3,(H,16,17,18). The van der Waals surface area contributed by atoms with Crippen LogP contribution in [0.5, 0.6) is 0 Å². The molecule has 2 heterocycles. The van der Waals surface area contributed by atoms with Crippen molar-refractivity contribution >= 4 is 11.8 Å². The van der Waals surface area contributed by atoms with Crippen LogP contribution in [0.3, 0.4) is 0 Å². The lowest BCUT2D eigenvalue weighted by Crippen LogP contribution is -1.94. The zero-order valence-electron chi connectivity index (χ0n) is 12.3. The van der Waals surface area contributed by atoms with Crippen molar-refractivity contribution in [3.63, 3.8) is 0 Å². The number of hydrogen-bond donors (Lipinski definition) is 1. The Balaban J connectivity index is 1.51. The van der Waals surface area contributed by atoms with E-state index in [2.05, 4.69) is 32.2 Å². The van der Waals surface area contributed by atoms with Gasteiger partial charge in [0.05, 0.1) is 5.75 Å². The predicted octanol–water partition coefficient (Wildman–Crippen LogP) is 3.48. The van der Waals surface area contributed by atoms with Gasteiger partial charge in [-0.05, 0) is 19.3 Å². The van der Waals surface area contributed by atoms with E-state index >= 15 is 0 Å². The first-order chi connectivity index (χ1) is 10.3. The molecule has 1 aliphatic carbocycles. The monoisotopic (exact) mass is 307 g/mol. The molecule has 0 aliphatic heterocycles. The van der Waals surface area contributed by atoms with Crippen molar-refractivity contribution in [3.05, 3.63) is 17.5 Å². The fourth-order valence-corrected chi connectivity index (χ4v) is 3.26. The van der Waals surface area contributed by atoms with Crippen LogP contribution in [0, 0.1) is 0 Å². The fraction of sp³-hybridized carbons (Fsp3) is 0.714. The number of aromatic amines is 1. The third kappa shape index (κ3) is 3.84. The molecule has 0 bridgehead atoms. The maximum absolute atomic E-state index is 5.24. The number of H-pyrrole nitrogens is 1. The summed E-state index contributed by atoms with van der Waals surface area (Å²) in [6.45, 7) is 2.15. The highest BCUT2D eigenvalue weighted by molar-refractivity contribution is 7.98. The smallest absolute Gasteiger partial charge is 0.237 e. The van der Waals surface area contributed by atoms with Gasteiger partial charge in [0.25, 0.3) is 0 Å². The summed E-state index contributed by atoms with van der Waals surface area (Å²) in [7, 11) is 0. The van der Waals surface area contributed by atoms with Gasteiger partial charge in [0, 0.05) is 12.3 Å². The van der Waals surface area contributed by atoms with E-state index in [0.29, 0.717) is 17.6 Å². The Morgan fingerprint density at radius 2 is 2.14 bits per heavy atom. The first kappa shape index (κ1) is 14.6. The SMILES string of the molecule is CCCCc1noc(CSc2n[nH]c(C3CCCC3)n2)n1. The second-order valence-electron chi connectivity index (χ2n) is 5.48. The molecular weight excluding hydrogens is 286 g/mol. The van der Waals surface area contributed by atoms with Crippen LogP contribution in [0.2, 0.25) is 0 Å². The summed E-state index contributed by atoms with van der Waals surface area (Å²) >= 11 is 1.54. The molecule has 0 amide bonds. The Morgan fingerprint density at radius 3 is 2.95 bits per heavy atom. The van der Waals surface area contributed by atoms with E-state index in [4.69, 9.17) is 4.52 Å². The first-order valence-electron chi connectivity index (χ1n) is 7.71. The largest absolute Gasteiger partial charge is 0.338 e. The lowest BCUT2D eigenvalue weighted by atomic mass is 10.1. The molecule has 1 aliphatic rings. The normalized spacial score (nSPS) is 15.9. The Morgan fingerprint density at radius 1 is 1.29 bits per heavy atom. The van der Waals surface area contributed by atoms with E-state index in [9.17, 15) is 0 Å². The molecule has 114 valence electrons. The molecule has 1 N–H and O–H groups in total. The first-order valence-corrected chi connectivity index (χ1v) is 8.70. The Hall–Kier alpha value is -1.37. The summed E-state index contributed by atoms with van der Waals surface area (Å²) in [5.41, 5.74) is 0. The molecule has 7 heteroatoms. The van der Waals surface area contributed by atoms with Crippen molar-refractivity contribution in [2.75, 3.05) is 0 Å². The van der Waals surface area contributed by atoms with Crippen LogP contribution < -0.4 is 0 Å². The highest BCUT2D eigenvalue weighted by Crippen LogP contribution is 2.32. The van der Waals surface area contributed by atoms with E-state index in [1.807, 2.05) is 0 Å². The van der Waals surface area contributed by atoms with Gasteiger partial charge < -0.3 is 4.52 Å². The maximum Gasteiger partial charge on any atom is 0.237 e. The zero-order chi connectivity index (χ0) is 14.5. The van der Waals surface area contributed by atoms with Gasteiger partial charge in [-0.15, -0.1) is 5.10 Å². The van der Waals surface area contributed by atoms with Crippen LogP contribution in [-0.2, 0) is 12.2 Å². The highest BCUT2D eigenvalue weighted by Gasteiger charge is 2.20. The van der Waals surface area contributed by atoms with Crippen LogP contribution in [0.4, 0.5) is 0 Å². The van der Waals surface area contributed by atoms with Crippen molar-refractivity contribution in [1.82, 2.24) is 25.3 Å². The van der Waals surface area contributed by atoms with E-state index in [1.165, 1.54) is 25.7 Å². The molecule has 2 aromatic heterocycles. The van der Waals surface area contributed by atoms with Crippen molar-refractivity contribution in [1.29, 1.82) is 0 Å². The number of nitrogens with one attached hydrogen (secondary N) is 1. The van der Waals surface area contributed by atoms with Gasteiger partial charge in [0.15, 0.2) is 5.82 Å². The second kappa shape index (κ2) is 7.06. The van der Waals surface area contributed by atoms with Gasteiger partial charge in [-0.3, -0.25) is 5.10 Å². The van der Waals surface area contributed by atoms with Crippen LogP contribution >= 0.6 is 11.8 Å². The molecule has 0 atom stereocenters. The van der Waals surface area contributed by atoms with Crippen molar-refractivity contribution < 1.29 is 4.52 Å². The van der Waals surface area contributed by atoms with E-state index in [-0.39, 0.29) is 0 Å². The number of aryl methyl sites for hydroxylation is 1. The van der Waals surface area contributed by atoms with Gasteiger partial charge in [-0.25, -0.2) is 4.98 Å². The fourth-order valence-electron chi connectivity index (χ4n) is 2.62. The molecule has 21 heavy (non-hydrogen) atoms. The van der Waals surface area contributed by atoms with Crippen LogP contribution in [0.1, 0.15) is 68.9 Å². The Bertz CT molecular complexity index is 561. The average Bonchev–Trinajstić information content (AvgIpc) is 3.22. The molecule has 1 fully saturated rings. The number of hydrogen-bond acceptors (Lipinski definition) is 6. The molecule has 3 rings (SSSR count). The predicted molar refractivity (Wildman–Crippen MR) is 80.1 cm³/mol. The molecule has 6 nitrogen and oxygen atoms in total. The van der Waals surface area contributed by atoms with Crippen molar-refractivity contribution in [3.8, 4) is 0 Å². The third-order valence-electron chi connectivity index (χ3n) is 3.81. The molecule has 0 aromatic carbocycles. The number of aromatic nitrogens is 5. The second-order valence-corrected chi connectivity index (χ2v) is 6.42. The van der Waals surface area contributed by atoms with Gasteiger partial charge in [0.2, 0.25) is 11.0 Å². The molecule has 0 radical (unpaired) electrons. The Kier molecular flexibility index (Phi) is 4.90. The lowest BCUT2D eigenvalue weighted by molar-refractivity contribution is 0.384. The van der Waals surface area contributed by atoms with Crippen molar-refractivity contribution in [2.24, 2.45) is 0 Å². The van der Waals surface area contributed by atoms with Gasteiger partial charge in [0.1, 0.15) is 5.82 Å². The molecule has 0 unspecified atom stereocenters. The molecule has 2 aromatic rings. The van der Waals surface area contributed by atoms with Crippen LogP contribution in [0.25, 0.3) is 0 Å². The van der Waals surface area contributed by atoms with E-state index in [0.717, 1.165) is 36.1 Å². The van der Waals surface area contributed by atoms with Gasteiger partial charge >= 0.3 is 0 Å². The number of rotatable bonds is 7. The number of nitrogens with zero attached hydrogens (tertiary/aromatic N) is 4. The number of unbranched alkanes of at least 4 members (excludes halogenated alkanes) is 1.